The lowest BCUT2D eigenvalue weighted by Gasteiger charge is -2.32. The van der Waals surface area contributed by atoms with Crippen molar-refractivity contribution in [2.75, 3.05) is 19.6 Å². The Labute approximate surface area is 142 Å². The summed E-state index contributed by atoms with van der Waals surface area (Å²) >= 11 is 0. The van der Waals surface area contributed by atoms with E-state index in [1.165, 1.54) is 0 Å². The summed E-state index contributed by atoms with van der Waals surface area (Å²) in [4.78, 5) is 29.6. The Morgan fingerprint density at radius 3 is 2.88 bits per heavy atom. The lowest BCUT2D eigenvalue weighted by atomic mass is 9.97. The lowest BCUT2D eigenvalue weighted by molar-refractivity contribution is -0.124. The van der Waals surface area contributed by atoms with Crippen LogP contribution in [0.15, 0.2) is 30.3 Å². The van der Waals surface area contributed by atoms with Crippen LogP contribution in [0, 0.1) is 11.8 Å². The maximum atomic E-state index is 12.8. The molecule has 128 valence electrons. The highest BCUT2D eigenvalue weighted by Crippen LogP contribution is 2.20. The number of rotatable bonds is 4. The highest BCUT2D eigenvalue weighted by Gasteiger charge is 2.25. The molecule has 1 fully saturated rings. The third kappa shape index (κ3) is 3.61. The normalized spacial score (nSPS) is 18.1. The molecule has 2 N–H and O–H groups in total. The number of likely N-dealkylation sites (tertiary alicyclic amines) is 1. The van der Waals surface area contributed by atoms with E-state index in [2.05, 4.69) is 10.3 Å². The van der Waals surface area contributed by atoms with E-state index in [1.807, 2.05) is 49.1 Å². The first-order chi connectivity index (χ1) is 11.5. The number of amides is 2. The average molecular weight is 327 g/mol. The summed E-state index contributed by atoms with van der Waals surface area (Å²) in [7, 11) is 0. The molecule has 3 rings (SSSR count). The molecule has 24 heavy (non-hydrogen) atoms. The van der Waals surface area contributed by atoms with Gasteiger partial charge in [-0.05, 0) is 30.9 Å². The number of nitrogens with zero attached hydrogens (tertiary/aromatic N) is 1. The zero-order valence-corrected chi connectivity index (χ0v) is 14.3. The van der Waals surface area contributed by atoms with Crippen molar-refractivity contribution in [2.24, 2.45) is 11.8 Å². The fourth-order valence-corrected chi connectivity index (χ4v) is 3.22. The number of para-hydroxylation sites is 1. The second kappa shape index (κ2) is 7.07. The zero-order chi connectivity index (χ0) is 17.1. The van der Waals surface area contributed by atoms with Crippen LogP contribution in [-0.4, -0.2) is 41.3 Å². The van der Waals surface area contributed by atoms with E-state index in [0.717, 1.165) is 30.3 Å². The second-order valence-electron chi connectivity index (χ2n) is 6.93. The predicted octanol–water partition coefficient (Wildman–Crippen LogP) is 2.79. The Morgan fingerprint density at radius 2 is 2.12 bits per heavy atom. The van der Waals surface area contributed by atoms with E-state index < -0.39 is 0 Å². The number of hydrogen-bond acceptors (Lipinski definition) is 2. The van der Waals surface area contributed by atoms with E-state index in [0.29, 0.717) is 24.7 Å². The van der Waals surface area contributed by atoms with Gasteiger partial charge in [-0.1, -0.05) is 32.0 Å². The van der Waals surface area contributed by atoms with Gasteiger partial charge in [0.25, 0.3) is 5.91 Å². The minimum absolute atomic E-state index is 0.00215. The molecule has 0 spiro atoms. The van der Waals surface area contributed by atoms with Crippen LogP contribution < -0.4 is 5.32 Å². The minimum Gasteiger partial charge on any atom is -0.356 e. The van der Waals surface area contributed by atoms with Crippen molar-refractivity contribution < 1.29 is 9.59 Å². The van der Waals surface area contributed by atoms with Gasteiger partial charge in [-0.2, -0.15) is 0 Å². The lowest BCUT2D eigenvalue weighted by Crippen LogP contribution is -2.44. The highest BCUT2D eigenvalue weighted by molar-refractivity contribution is 5.98. The van der Waals surface area contributed by atoms with Crippen molar-refractivity contribution in [1.29, 1.82) is 0 Å². The van der Waals surface area contributed by atoms with Gasteiger partial charge in [0.15, 0.2) is 0 Å². The summed E-state index contributed by atoms with van der Waals surface area (Å²) in [6.07, 6.45) is 2.03. The van der Waals surface area contributed by atoms with Crippen molar-refractivity contribution in [2.45, 2.75) is 26.7 Å². The number of hydrogen-bond donors (Lipinski definition) is 2. The number of H-pyrrole nitrogens is 1. The fraction of sp³-hybridized carbons (Fsp3) is 0.474. The molecule has 1 atom stereocenters. The minimum atomic E-state index is -0.00215. The van der Waals surface area contributed by atoms with Crippen molar-refractivity contribution in [3.8, 4) is 0 Å². The summed E-state index contributed by atoms with van der Waals surface area (Å²) in [5.41, 5.74) is 1.63. The molecule has 0 aliphatic carbocycles. The maximum absolute atomic E-state index is 12.8. The van der Waals surface area contributed by atoms with Gasteiger partial charge in [-0.25, -0.2) is 0 Å². The molecule has 2 aromatic rings. The van der Waals surface area contributed by atoms with Crippen LogP contribution in [0.2, 0.25) is 0 Å². The summed E-state index contributed by atoms with van der Waals surface area (Å²) in [6, 6.07) is 9.83. The second-order valence-corrected chi connectivity index (χ2v) is 6.93. The molecule has 2 amide bonds. The maximum Gasteiger partial charge on any atom is 0.270 e. The van der Waals surface area contributed by atoms with Crippen LogP contribution in [0.3, 0.4) is 0 Å². The number of nitrogens with one attached hydrogen (secondary N) is 2. The van der Waals surface area contributed by atoms with E-state index in [9.17, 15) is 9.59 Å². The van der Waals surface area contributed by atoms with Crippen molar-refractivity contribution in [1.82, 2.24) is 15.2 Å². The van der Waals surface area contributed by atoms with Crippen LogP contribution in [0.25, 0.3) is 10.9 Å². The van der Waals surface area contributed by atoms with Crippen molar-refractivity contribution in [3.63, 3.8) is 0 Å². The molecule has 1 aliphatic heterocycles. The van der Waals surface area contributed by atoms with Gasteiger partial charge in [-0.3, -0.25) is 9.59 Å². The van der Waals surface area contributed by atoms with Gasteiger partial charge in [0, 0.05) is 36.5 Å². The molecule has 1 aliphatic rings. The van der Waals surface area contributed by atoms with Crippen LogP contribution in [0.1, 0.15) is 37.2 Å². The first-order valence-electron chi connectivity index (χ1n) is 8.69. The number of fused-ring (bicyclic) bond motifs is 1. The first kappa shape index (κ1) is 16.6. The Bertz CT molecular complexity index is 702. The molecule has 0 saturated carbocycles. The van der Waals surface area contributed by atoms with Gasteiger partial charge < -0.3 is 15.2 Å². The van der Waals surface area contributed by atoms with Crippen LogP contribution in [0.5, 0.6) is 0 Å². The average Bonchev–Trinajstić information content (AvgIpc) is 3.03. The molecule has 2 heterocycles. The number of piperidine rings is 1. The molecule has 5 heteroatoms. The predicted molar refractivity (Wildman–Crippen MR) is 94.8 cm³/mol. The van der Waals surface area contributed by atoms with Crippen LogP contribution >= 0.6 is 0 Å². The summed E-state index contributed by atoms with van der Waals surface area (Å²) < 4.78 is 0. The Kier molecular flexibility index (Phi) is 4.88. The zero-order valence-electron chi connectivity index (χ0n) is 14.3. The highest BCUT2D eigenvalue weighted by atomic mass is 16.2. The molecule has 0 unspecified atom stereocenters. The topological polar surface area (TPSA) is 65.2 Å². The summed E-state index contributed by atoms with van der Waals surface area (Å²) in [5.74, 6) is 0.451. The monoisotopic (exact) mass is 327 g/mol. The van der Waals surface area contributed by atoms with Gasteiger partial charge in [0.2, 0.25) is 5.91 Å². The largest absolute Gasteiger partial charge is 0.356 e. The molecular formula is C19H25N3O2. The molecule has 1 aromatic heterocycles. The smallest absolute Gasteiger partial charge is 0.270 e. The summed E-state index contributed by atoms with van der Waals surface area (Å²) in [5, 5.41) is 4.04. The Balaban J connectivity index is 1.63. The first-order valence-corrected chi connectivity index (χ1v) is 8.69. The number of aromatic amines is 1. The van der Waals surface area contributed by atoms with Gasteiger partial charge >= 0.3 is 0 Å². The molecule has 5 nitrogen and oxygen atoms in total. The third-order valence-corrected chi connectivity index (χ3v) is 4.66. The van der Waals surface area contributed by atoms with E-state index in [1.54, 1.807) is 0 Å². The van der Waals surface area contributed by atoms with Crippen LogP contribution in [-0.2, 0) is 4.79 Å². The van der Waals surface area contributed by atoms with E-state index >= 15 is 0 Å². The van der Waals surface area contributed by atoms with Gasteiger partial charge in [-0.15, -0.1) is 0 Å². The molecule has 1 saturated heterocycles. The van der Waals surface area contributed by atoms with Crippen molar-refractivity contribution in [3.05, 3.63) is 36.0 Å². The SMILES string of the molecule is CC(C)C(=O)NC[C@H]1CCCN(C(=O)c2cc3ccccc3[nH]2)C1. The molecule has 1 aromatic carbocycles. The van der Waals surface area contributed by atoms with Gasteiger partial charge in [0.05, 0.1) is 0 Å². The molecule has 0 bridgehead atoms. The Hall–Kier alpha value is -2.30. The number of aromatic nitrogens is 1. The fourth-order valence-electron chi connectivity index (χ4n) is 3.22. The number of carbonyl (C=O) groups is 2. The molecular weight excluding hydrogens is 302 g/mol. The standard InChI is InChI=1S/C19H25N3O2/c1-13(2)18(23)20-11-14-6-5-9-22(12-14)19(24)17-10-15-7-3-4-8-16(15)21-17/h3-4,7-8,10,13-14,21H,5-6,9,11-12H2,1-2H3,(H,20,23)/t14-/m1/s1. The van der Waals surface area contributed by atoms with Crippen molar-refractivity contribution >= 4 is 22.7 Å². The number of benzene rings is 1. The third-order valence-electron chi connectivity index (χ3n) is 4.66. The quantitative estimate of drug-likeness (QED) is 0.907. The summed E-state index contributed by atoms with van der Waals surface area (Å²) in [6.45, 7) is 5.91. The molecule has 0 radical (unpaired) electrons. The van der Waals surface area contributed by atoms with Gasteiger partial charge in [0.1, 0.15) is 5.69 Å². The Morgan fingerprint density at radius 1 is 1.33 bits per heavy atom. The van der Waals surface area contributed by atoms with E-state index in [-0.39, 0.29) is 17.7 Å². The number of carbonyl (C=O) groups excluding carboxylic acids is 2. The van der Waals surface area contributed by atoms with Crippen LogP contribution in [0.4, 0.5) is 0 Å². The van der Waals surface area contributed by atoms with E-state index in [4.69, 9.17) is 0 Å².